The zero-order valence-electron chi connectivity index (χ0n) is 68.5. The van der Waals surface area contributed by atoms with Crippen molar-refractivity contribution in [2.75, 3.05) is 44.7 Å². The Bertz CT molecular complexity index is 4620. The maximum absolute atomic E-state index is 14.9. The van der Waals surface area contributed by atoms with E-state index in [2.05, 4.69) is 110 Å². The molecule has 44 nitrogen and oxygen atoms in total. The van der Waals surface area contributed by atoms with Gasteiger partial charge in [-0.1, -0.05) is 114 Å². The molecule has 4 aromatic carbocycles. The standard InChI is InChI=1S/C81H105N23O21S/c82-80(83)88-36-16-27-52-71(114)91-45-65(106)94-60(41-67(108)109)78(121)102-58(39-48-20-6-2-7-21-48)76(119)98-54(73(116)96-52)25-12-14-34-86-64(105)33-31-56(100-75(118)57(38-47-18-4-1-5-19-47)101-69(112)51-30-32-63(90-43-51)104-93-44-50-24-10-11-29-62(50)126-125-124-123)70(113)87-35-15-13-26-55-74(117)97-53(28-17-37-89-81(84)85)72(115)92-46-66(107)95-61(42-68(110)111)79(122)103-59(77(120)99-55)40-49-22-8-3-9-23-49/h1-11,18-24,29-30,32,43-44,52-61,123H,12-17,25-28,31,33-42,45-46H2,(H,86,105)(H,87,113)(H,90,104)(H,91,114)(H,92,115)(H,94,106)(H,95,107)(H,96,116)(H,97,117)(H,98,119)(H,99,120)(H,100,118)(H,101,112)(H,102,121)(H,103,122)(H,108,109)(H,110,111)(H4,82,83,88)(H4,84,85,89)/t52?,53-,54-,55-,56?,57-,58+,59+,60-,61-/m0/s1. The van der Waals surface area contributed by atoms with Gasteiger partial charge in [0, 0.05) is 68.5 Å². The third-order valence-corrected chi connectivity index (χ3v) is 20.1. The number of nitrogens with zero attached hydrogens (tertiary/aromatic N) is 2. The number of carboxylic acids is 2. The highest BCUT2D eigenvalue weighted by atomic mass is 32.2. The molecule has 5 aromatic rings. The average molecular weight is 1770 g/mol. The monoisotopic (exact) mass is 1770 g/mol. The van der Waals surface area contributed by atoms with Crippen molar-refractivity contribution in [2.24, 2.45) is 16.6 Å². The largest absolute Gasteiger partial charge is 0.481 e. The summed E-state index contributed by atoms with van der Waals surface area (Å²) in [7, 11) is 0. The van der Waals surface area contributed by atoms with Crippen molar-refractivity contribution >= 4 is 131 Å². The lowest BCUT2D eigenvalue weighted by Crippen LogP contribution is -2.58. The number of nitrogens with one attached hydrogen (secondary N) is 19. The number of carbonyl (C=O) groups is 16. The molecule has 45 heteroatoms. The molecule has 10 atom stereocenters. The maximum atomic E-state index is 14.9. The van der Waals surface area contributed by atoms with E-state index in [4.69, 9.17) is 27.5 Å². The van der Waals surface area contributed by atoms with Crippen LogP contribution >= 0.6 is 12.0 Å². The zero-order chi connectivity index (χ0) is 91.3. The van der Waals surface area contributed by atoms with Crippen molar-refractivity contribution in [3.8, 4) is 0 Å². The average Bonchev–Trinajstić information content (AvgIpc) is 1.64. The summed E-state index contributed by atoms with van der Waals surface area (Å²) in [6, 6.07) is 19.7. The second-order valence-electron chi connectivity index (χ2n) is 29.1. The topological polar surface area (TPSA) is 682 Å². The molecule has 2 fully saturated rings. The van der Waals surface area contributed by atoms with Gasteiger partial charge in [-0.25, -0.2) is 10.2 Å². The van der Waals surface area contributed by atoms with E-state index in [1.807, 2.05) is 0 Å². The van der Waals surface area contributed by atoms with E-state index in [9.17, 15) is 86.9 Å². The van der Waals surface area contributed by atoms with Gasteiger partial charge in [0.2, 0.25) is 76.8 Å². The summed E-state index contributed by atoms with van der Waals surface area (Å²) >= 11 is 0.717. The number of anilines is 1. The second-order valence-corrected chi connectivity index (χ2v) is 29.8. The predicted molar refractivity (Wildman–Crippen MR) is 453 cm³/mol. The molecule has 2 aliphatic heterocycles. The van der Waals surface area contributed by atoms with E-state index in [0.29, 0.717) is 27.1 Å². The number of rotatable bonds is 42. The van der Waals surface area contributed by atoms with Crippen molar-refractivity contribution in [1.29, 1.82) is 10.8 Å². The third-order valence-electron chi connectivity index (χ3n) is 19.4. The number of aliphatic carboxylic acids is 2. The first kappa shape index (κ1) is 98.9. The van der Waals surface area contributed by atoms with Crippen LogP contribution in [-0.4, -0.2) is 233 Å². The summed E-state index contributed by atoms with van der Waals surface area (Å²) in [5.74, 6) is -16.2. The summed E-state index contributed by atoms with van der Waals surface area (Å²) in [4.78, 5) is 226. The van der Waals surface area contributed by atoms with E-state index < -0.39 is 194 Å². The molecule has 2 unspecified atom stereocenters. The lowest BCUT2D eigenvalue weighted by molar-refractivity contribution is -0.432. The van der Waals surface area contributed by atoms with Crippen molar-refractivity contribution < 1.29 is 102 Å². The number of guanidine groups is 2. The molecular formula is C81H105N23O21S. The number of nitrogens with two attached hydrogens (primary N) is 2. The molecule has 0 bridgehead atoms. The number of hydrazone groups is 1. The van der Waals surface area contributed by atoms with E-state index >= 15 is 0 Å². The van der Waals surface area contributed by atoms with Crippen LogP contribution in [0.25, 0.3) is 0 Å². The minimum Gasteiger partial charge on any atom is -0.481 e. The molecule has 0 spiro atoms. The quantitative estimate of drug-likeness (QED) is 0.00470. The van der Waals surface area contributed by atoms with Gasteiger partial charge < -0.3 is 107 Å². The minimum atomic E-state index is -1.75. The van der Waals surface area contributed by atoms with Gasteiger partial charge in [0.15, 0.2) is 11.9 Å². The van der Waals surface area contributed by atoms with Crippen molar-refractivity contribution in [1.82, 2.24) is 90.1 Å². The summed E-state index contributed by atoms with van der Waals surface area (Å²) in [5, 5.41) is 92.3. The molecular weight excluding hydrogens is 1660 g/mol. The van der Waals surface area contributed by atoms with Gasteiger partial charge in [0.25, 0.3) is 5.91 Å². The Morgan fingerprint density at radius 1 is 0.484 bits per heavy atom. The maximum Gasteiger partial charge on any atom is 0.305 e. The molecule has 26 N–H and O–H groups in total. The number of benzene rings is 4. The summed E-state index contributed by atoms with van der Waals surface area (Å²) < 4.78 is 4.56. The molecule has 1 aromatic heterocycles. The summed E-state index contributed by atoms with van der Waals surface area (Å²) in [6.45, 7) is -1.70. The number of carbonyl (C=O) groups excluding carboxylic acids is 14. The van der Waals surface area contributed by atoms with Gasteiger partial charge >= 0.3 is 11.9 Å². The van der Waals surface area contributed by atoms with Crippen LogP contribution in [0.15, 0.2) is 144 Å². The number of amides is 14. The highest BCUT2D eigenvalue weighted by Crippen LogP contribution is 2.23. The molecule has 2 saturated heterocycles. The molecule has 14 amide bonds. The first-order valence-corrected chi connectivity index (χ1v) is 41.1. The summed E-state index contributed by atoms with van der Waals surface area (Å²) in [6.07, 6.45) is -0.665. The lowest BCUT2D eigenvalue weighted by Gasteiger charge is -2.26. The van der Waals surface area contributed by atoms with Crippen molar-refractivity contribution in [3.05, 3.63) is 161 Å². The molecule has 126 heavy (non-hydrogen) atoms. The minimum absolute atomic E-state index is 0.0121. The van der Waals surface area contributed by atoms with Gasteiger partial charge in [-0.05, 0) is 106 Å². The smallest absolute Gasteiger partial charge is 0.305 e. The number of carboxylic acid groups (broad SMARTS) is 2. The molecule has 0 saturated carbocycles. The normalized spacial score (nSPS) is 19.2. The van der Waals surface area contributed by atoms with Gasteiger partial charge in [-0.3, -0.25) is 93.0 Å². The predicted octanol–water partition coefficient (Wildman–Crippen LogP) is -2.77. The van der Waals surface area contributed by atoms with Gasteiger partial charge in [0.1, 0.15) is 66.2 Å². The highest BCUT2D eigenvalue weighted by Gasteiger charge is 2.37. The molecule has 0 radical (unpaired) electrons. The van der Waals surface area contributed by atoms with Crippen LogP contribution in [0.5, 0.6) is 0 Å². The fourth-order valence-corrected chi connectivity index (χ4v) is 13.4. The van der Waals surface area contributed by atoms with Crippen LogP contribution < -0.4 is 102 Å². The molecule has 2 aliphatic rings. The first-order chi connectivity index (χ1) is 60.5. The van der Waals surface area contributed by atoms with Crippen LogP contribution in [-0.2, 0) is 101 Å². The Hall–Kier alpha value is -14.2. The third kappa shape index (κ3) is 36.1. The molecule has 676 valence electrons. The molecule has 0 aliphatic carbocycles. The van der Waals surface area contributed by atoms with Crippen LogP contribution in [0.1, 0.15) is 123 Å². The Morgan fingerprint density at radius 3 is 1.38 bits per heavy atom. The zero-order valence-corrected chi connectivity index (χ0v) is 69.3. The van der Waals surface area contributed by atoms with E-state index in [1.165, 1.54) is 24.5 Å². The fourth-order valence-electron chi connectivity index (χ4n) is 12.9. The second kappa shape index (κ2) is 53.0. The first-order valence-electron chi connectivity index (χ1n) is 40.3. The number of aromatic nitrogens is 1. The van der Waals surface area contributed by atoms with Crippen LogP contribution in [0.3, 0.4) is 0 Å². The number of hydrogen-bond acceptors (Lipinski definition) is 25. The molecule has 3 heterocycles. The van der Waals surface area contributed by atoms with Crippen LogP contribution in [0, 0.1) is 10.8 Å². The van der Waals surface area contributed by atoms with E-state index in [1.54, 1.807) is 115 Å². The van der Waals surface area contributed by atoms with Crippen LogP contribution in [0.4, 0.5) is 5.82 Å². The number of unbranched alkanes of at least 4 members (excludes halogenated alkanes) is 2. The Balaban J connectivity index is 1.12. The lowest BCUT2D eigenvalue weighted by atomic mass is 10.0. The molecule has 7 rings (SSSR count). The summed E-state index contributed by atoms with van der Waals surface area (Å²) in [5.41, 5.74) is 15.8. The Labute approximate surface area is 726 Å². The number of pyridine rings is 1. The SMILES string of the molecule is N=C(N)NCCCC1NC(=O)[C@H](CCCCNC(=O)CCC(NC(=O)[C@H](Cc2ccccc2)NC(=O)c2ccc(NN=Cc3ccccc3SOOO)nc2)C(=O)NCCCC[C@@H]2NC(=O)[C@@H](Cc3ccccc3)NC(=O)[C@H](CC(=O)O)NC(=O)CNC(=O)[C@H](CCCNC(=N)N)NC2=O)NC(=O)[C@@H](Cc2ccccc2)NC(=O)[C@H](CC(=O)O)NC(=O)CNC1=O. The Morgan fingerprint density at radius 2 is 0.913 bits per heavy atom. The fraction of sp³-hybridized carbons (Fsp3) is 0.407. The Kier molecular flexibility index (Phi) is 41.6. The van der Waals surface area contributed by atoms with E-state index in [-0.39, 0.29) is 133 Å². The van der Waals surface area contributed by atoms with Gasteiger partial charge in [0.05, 0.1) is 49.8 Å². The number of hydrogen-bond donors (Lipinski definition) is 24. The van der Waals surface area contributed by atoms with Crippen molar-refractivity contribution in [2.45, 2.75) is 174 Å². The van der Waals surface area contributed by atoms with Gasteiger partial charge in [-0.15, -0.1) is 4.33 Å². The van der Waals surface area contributed by atoms with E-state index in [0.717, 1.165) is 12.0 Å². The van der Waals surface area contributed by atoms with Crippen LogP contribution in [0.2, 0.25) is 0 Å². The van der Waals surface area contributed by atoms with Gasteiger partial charge in [-0.2, -0.15) is 5.10 Å². The van der Waals surface area contributed by atoms with Crippen molar-refractivity contribution in [3.63, 3.8) is 0 Å². The highest BCUT2D eigenvalue weighted by molar-refractivity contribution is 7.94.